The van der Waals surface area contributed by atoms with Gasteiger partial charge in [-0.2, -0.15) is 0 Å². The van der Waals surface area contributed by atoms with E-state index in [0.29, 0.717) is 30.5 Å². The molecule has 0 amide bonds. The monoisotopic (exact) mass is 769 g/mol. The van der Waals surface area contributed by atoms with Gasteiger partial charge in [0.2, 0.25) is 0 Å². The Bertz CT molecular complexity index is 1010. The van der Waals surface area contributed by atoms with Crippen LogP contribution in [0.3, 0.4) is 0 Å². The molecule has 55 heavy (non-hydrogen) atoms. The maximum absolute atomic E-state index is 13.9. The minimum Gasteiger partial charge on any atom is -0.464 e. The molecule has 316 valence electrons. The first-order chi connectivity index (χ1) is 26.9. The van der Waals surface area contributed by atoms with Crippen molar-refractivity contribution in [1.82, 2.24) is 9.80 Å². The normalized spacial score (nSPS) is 21.0. The molecule has 0 aromatic rings. The molecule has 2 aliphatic carbocycles. The molecule has 2 atom stereocenters. The van der Waals surface area contributed by atoms with Gasteiger partial charge in [0.05, 0.1) is 17.9 Å². The summed E-state index contributed by atoms with van der Waals surface area (Å²) in [6.45, 7) is 10.7. The molecule has 2 unspecified atom stereocenters. The first-order valence-corrected chi connectivity index (χ1v) is 23.7. The lowest BCUT2D eigenvalue weighted by molar-refractivity contribution is -0.157. The molecule has 2 aliphatic heterocycles. The first kappa shape index (κ1) is 46.0. The van der Waals surface area contributed by atoms with Crippen molar-refractivity contribution in [2.45, 2.75) is 187 Å². The highest BCUT2D eigenvalue weighted by Gasteiger charge is 2.40. The zero-order chi connectivity index (χ0) is 39.0. The summed E-state index contributed by atoms with van der Waals surface area (Å²) in [6, 6.07) is -0.102. The van der Waals surface area contributed by atoms with E-state index >= 15 is 0 Å². The Labute approximate surface area is 337 Å². The number of carbonyl (C=O) groups excluding carboxylic acids is 2. The van der Waals surface area contributed by atoms with Crippen molar-refractivity contribution in [3.63, 3.8) is 0 Å². The standard InChI is InChI=1S/C48H84N2O5/c1-3-5-7-9-11-13-25-43(37-41-21-15-16-22-41)46(52)54-39-45(50-34-29-48(30-35-50)27-32-49(33-28-48)31-19-20-36-51)40-55-47(53)44(38-42-23-17-18-24-42)26-14-12-10-8-6-4-2/h15-18,41-45,51H,3-14,19-40H2,1-2H3. The summed E-state index contributed by atoms with van der Waals surface area (Å²) in [4.78, 5) is 32.9. The minimum absolute atomic E-state index is 0.0338. The lowest BCUT2D eigenvalue weighted by atomic mass is 9.71. The van der Waals surface area contributed by atoms with Gasteiger partial charge >= 0.3 is 11.9 Å². The van der Waals surface area contributed by atoms with Gasteiger partial charge in [0.25, 0.3) is 0 Å². The predicted molar refractivity (Wildman–Crippen MR) is 227 cm³/mol. The van der Waals surface area contributed by atoms with Gasteiger partial charge in [-0.3, -0.25) is 14.5 Å². The summed E-state index contributed by atoms with van der Waals surface area (Å²) in [5.74, 6) is 0.934. The number of hydrogen-bond acceptors (Lipinski definition) is 7. The van der Waals surface area contributed by atoms with Crippen LogP contribution in [-0.2, 0) is 19.1 Å². The Morgan fingerprint density at radius 3 is 1.51 bits per heavy atom. The quantitative estimate of drug-likeness (QED) is 0.0461. The lowest BCUT2D eigenvalue weighted by Crippen LogP contribution is -2.52. The van der Waals surface area contributed by atoms with Gasteiger partial charge in [-0.1, -0.05) is 115 Å². The number of aliphatic hydroxyl groups excluding tert-OH is 1. The van der Waals surface area contributed by atoms with Gasteiger partial charge < -0.3 is 19.5 Å². The van der Waals surface area contributed by atoms with E-state index in [9.17, 15) is 14.7 Å². The molecule has 0 radical (unpaired) electrons. The van der Waals surface area contributed by atoms with Gasteiger partial charge in [0.1, 0.15) is 13.2 Å². The van der Waals surface area contributed by atoms with E-state index in [-0.39, 0.29) is 36.4 Å². The number of piperidine rings is 2. The van der Waals surface area contributed by atoms with Gasteiger partial charge in [0, 0.05) is 6.61 Å². The molecule has 7 nitrogen and oxygen atoms in total. The van der Waals surface area contributed by atoms with E-state index in [1.165, 1.54) is 77.0 Å². The molecule has 0 aromatic carbocycles. The highest BCUT2D eigenvalue weighted by atomic mass is 16.5. The number of esters is 2. The third kappa shape index (κ3) is 17.4. The van der Waals surface area contributed by atoms with Crippen molar-refractivity contribution >= 4 is 11.9 Å². The van der Waals surface area contributed by atoms with Crippen LogP contribution in [0.25, 0.3) is 0 Å². The van der Waals surface area contributed by atoms with E-state index in [1.807, 2.05) is 0 Å². The molecule has 0 saturated carbocycles. The Morgan fingerprint density at radius 1 is 0.618 bits per heavy atom. The van der Waals surface area contributed by atoms with Crippen molar-refractivity contribution in [3.05, 3.63) is 24.3 Å². The van der Waals surface area contributed by atoms with Gasteiger partial charge in [-0.15, -0.1) is 0 Å². The zero-order valence-electron chi connectivity index (χ0n) is 35.7. The third-order valence-corrected chi connectivity index (χ3v) is 13.9. The average Bonchev–Trinajstić information content (AvgIpc) is 3.93. The number of hydrogen-bond donors (Lipinski definition) is 1. The summed E-state index contributed by atoms with van der Waals surface area (Å²) in [6.07, 6.45) is 38.5. The maximum atomic E-state index is 13.9. The zero-order valence-corrected chi connectivity index (χ0v) is 35.7. The molecule has 0 aromatic heterocycles. The van der Waals surface area contributed by atoms with Crippen LogP contribution in [0.15, 0.2) is 24.3 Å². The summed E-state index contributed by atoms with van der Waals surface area (Å²) in [7, 11) is 0. The average molecular weight is 769 g/mol. The number of likely N-dealkylation sites (tertiary alicyclic amines) is 2. The first-order valence-electron chi connectivity index (χ1n) is 23.7. The van der Waals surface area contributed by atoms with Crippen LogP contribution in [0.2, 0.25) is 0 Å². The SMILES string of the molecule is CCCCCCCCC(CC1CC=CC1)C(=O)OCC(COC(=O)C(CCCCCCCC)CC1CC=CC1)N1CCC2(CCN(CCCCO)CC2)CC1. The number of aliphatic hydroxyl groups is 1. The maximum Gasteiger partial charge on any atom is 0.308 e. The van der Waals surface area contributed by atoms with E-state index < -0.39 is 0 Å². The molecule has 1 N–H and O–H groups in total. The number of unbranched alkanes of at least 4 members (excludes halogenated alkanes) is 11. The largest absolute Gasteiger partial charge is 0.464 e. The molecule has 7 heteroatoms. The van der Waals surface area contributed by atoms with Crippen LogP contribution >= 0.6 is 0 Å². The fraction of sp³-hybridized carbons (Fsp3) is 0.875. The summed E-state index contributed by atoms with van der Waals surface area (Å²) < 4.78 is 12.6. The second-order valence-electron chi connectivity index (χ2n) is 18.3. The van der Waals surface area contributed by atoms with Crippen molar-refractivity contribution in [2.75, 3.05) is 52.5 Å². The molecular weight excluding hydrogens is 685 g/mol. The number of ether oxygens (including phenoxy) is 2. The van der Waals surface area contributed by atoms with Crippen LogP contribution in [0, 0.1) is 29.1 Å². The van der Waals surface area contributed by atoms with E-state index in [4.69, 9.17) is 9.47 Å². The van der Waals surface area contributed by atoms with Crippen molar-refractivity contribution in [1.29, 1.82) is 0 Å². The van der Waals surface area contributed by atoms with Crippen LogP contribution in [0.5, 0.6) is 0 Å². The summed E-state index contributed by atoms with van der Waals surface area (Å²) in [5.41, 5.74) is 0.386. The highest BCUT2D eigenvalue weighted by molar-refractivity contribution is 5.73. The van der Waals surface area contributed by atoms with Crippen molar-refractivity contribution in [3.8, 4) is 0 Å². The van der Waals surface area contributed by atoms with Crippen molar-refractivity contribution < 1.29 is 24.2 Å². The van der Waals surface area contributed by atoms with Crippen LogP contribution in [0.4, 0.5) is 0 Å². The fourth-order valence-electron chi connectivity index (χ4n) is 9.96. The van der Waals surface area contributed by atoms with Crippen LogP contribution in [0.1, 0.15) is 181 Å². The lowest BCUT2D eigenvalue weighted by Gasteiger charge is -2.48. The van der Waals surface area contributed by atoms with Crippen molar-refractivity contribution in [2.24, 2.45) is 29.1 Å². The molecule has 4 aliphatic rings. The fourth-order valence-corrected chi connectivity index (χ4v) is 9.96. The van der Waals surface area contributed by atoms with Crippen LogP contribution in [-0.4, -0.2) is 85.4 Å². The molecule has 0 bridgehead atoms. The van der Waals surface area contributed by atoms with E-state index in [2.05, 4.69) is 48.0 Å². The molecule has 2 heterocycles. The van der Waals surface area contributed by atoms with Gasteiger partial charge in [0.15, 0.2) is 0 Å². The third-order valence-electron chi connectivity index (χ3n) is 13.9. The summed E-state index contributed by atoms with van der Waals surface area (Å²) >= 11 is 0. The molecule has 1 spiro atoms. The highest BCUT2D eigenvalue weighted by Crippen LogP contribution is 2.42. The number of carbonyl (C=O) groups is 2. The van der Waals surface area contributed by atoms with E-state index in [0.717, 1.165) is 123 Å². The second kappa shape index (κ2) is 27.1. The summed E-state index contributed by atoms with van der Waals surface area (Å²) in [5, 5.41) is 9.22. The topological polar surface area (TPSA) is 79.3 Å². The Morgan fingerprint density at radius 2 is 1.05 bits per heavy atom. The van der Waals surface area contributed by atoms with E-state index in [1.54, 1.807) is 0 Å². The smallest absolute Gasteiger partial charge is 0.308 e. The molecular formula is C48H84N2O5. The van der Waals surface area contributed by atoms with Gasteiger partial charge in [-0.05, 0) is 140 Å². The molecule has 4 rings (SSSR count). The number of allylic oxidation sites excluding steroid dienone is 4. The van der Waals surface area contributed by atoms with Crippen LogP contribution < -0.4 is 0 Å². The molecule has 2 saturated heterocycles. The number of nitrogens with zero attached hydrogens (tertiary/aromatic N) is 2. The molecule has 2 fully saturated rings. The Hall–Kier alpha value is -1.70. The minimum atomic E-state index is -0.102. The van der Waals surface area contributed by atoms with Gasteiger partial charge in [-0.25, -0.2) is 0 Å². The number of rotatable bonds is 29. The predicted octanol–water partition coefficient (Wildman–Crippen LogP) is 10.8. The Balaban J connectivity index is 1.36. The Kier molecular flexibility index (Phi) is 22.6. The second-order valence-corrected chi connectivity index (χ2v) is 18.3.